The summed E-state index contributed by atoms with van der Waals surface area (Å²) < 4.78 is 17.0. The Morgan fingerprint density at radius 2 is 0.470 bits per heavy atom. The zero-order valence-electron chi connectivity index (χ0n) is 55.2. The van der Waals surface area contributed by atoms with E-state index in [1.54, 1.807) is 0 Å². The normalized spacial score (nSPS) is 12.6. The minimum absolute atomic E-state index is 0.0758. The first kappa shape index (κ1) is 79.6. The topological polar surface area (TPSA) is 78.9 Å². The van der Waals surface area contributed by atoms with Gasteiger partial charge in [0.15, 0.2) is 6.10 Å². The van der Waals surface area contributed by atoms with Crippen molar-refractivity contribution in [2.24, 2.45) is 0 Å². The van der Waals surface area contributed by atoms with E-state index < -0.39 is 6.10 Å². The molecule has 0 amide bonds. The van der Waals surface area contributed by atoms with Gasteiger partial charge in [-0.15, -0.1) is 0 Å². The summed E-state index contributed by atoms with van der Waals surface area (Å²) in [7, 11) is 0. The molecule has 0 aliphatic carbocycles. The molecule has 6 nitrogen and oxygen atoms in total. The van der Waals surface area contributed by atoms with Gasteiger partial charge >= 0.3 is 17.9 Å². The molecule has 83 heavy (non-hydrogen) atoms. The van der Waals surface area contributed by atoms with Crippen molar-refractivity contribution < 1.29 is 28.6 Å². The van der Waals surface area contributed by atoms with Gasteiger partial charge in [0, 0.05) is 19.3 Å². The van der Waals surface area contributed by atoms with Gasteiger partial charge in [0.25, 0.3) is 0 Å². The minimum atomic E-state index is -0.782. The Balaban J connectivity index is 4.35. The Hall–Kier alpha value is -3.41. The van der Waals surface area contributed by atoms with Crippen LogP contribution in [0.15, 0.2) is 85.1 Å². The second kappa shape index (κ2) is 71.1. The van der Waals surface area contributed by atoms with Crippen LogP contribution in [0.1, 0.15) is 367 Å². The maximum absolute atomic E-state index is 13.0. The van der Waals surface area contributed by atoms with Crippen LogP contribution in [0.5, 0.6) is 0 Å². The number of rotatable bonds is 66. The predicted molar refractivity (Wildman–Crippen MR) is 362 cm³/mol. The summed E-state index contributed by atoms with van der Waals surface area (Å²) in [6, 6.07) is 0. The monoisotopic (exact) mass is 1160 g/mol. The Morgan fingerprint density at radius 1 is 0.253 bits per heavy atom. The quantitative estimate of drug-likeness (QED) is 0.0261. The highest BCUT2D eigenvalue weighted by atomic mass is 16.6. The summed E-state index contributed by atoms with van der Waals surface area (Å²) >= 11 is 0. The van der Waals surface area contributed by atoms with Gasteiger partial charge in [-0.25, -0.2) is 0 Å². The third-order valence-electron chi connectivity index (χ3n) is 15.9. The molecule has 0 radical (unpaired) electrons. The third kappa shape index (κ3) is 69.3. The molecule has 0 saturated carbocycles. The van der Waals surface area contributed by atoms with Crippen LogP contribution in [0.3, 0.4) is 0 Å². The molecule has 480 valence electrons. The van der Waals surface area contributed by atoms with E-state index in [4.69, 9.17) is 14.2 Å². The SMILES string of the molecule is CC/C=C\C/C=C\C/C=C\C/C=C\CCCCCCCCCCCCCCC(=O)OCC(COC(=O)CCCCCCCCCCCCCCCCCCC)OC(=O)CCCCCCCCCC/C=C\C/C=C\C/C=C\CCCCCCC. The second-order valence-corrected chi connectivity index (χ2v) is 24.1. The summed E-state index contributed by atoms with van der Waals surface area (Å²) in [6.07, 6.45) is 94.6. The lowest BCUT2D eigenvalue weighted by molar-refractivity contribution is -0.167. The summed E-state index contributed by atoms with van der Waals surface area (Å²) in [5.41, 5.74) is 0. The Morgan fingerprint density at radius 3 is 0.735 bits per heavy atom. The highest BCUT2D eigenvalue weighted by molar-refractivity contribution is 5.71. The van der Waals surface area contributed by atoms with Crippen molar-refractivity contribution in [2.75, 3.05) is 13.2 Å². The van der Waals surface area contributed by atoms with Crippen molar-refractivity contribution in [1.29, 1.82) is 0 Å². The van der Waals surface area contributed by atoms with E-state index >= 15 is 0 Å². The maximum atomic E-state index is 13.0. The van der Waals surface area contributed by atoms with E-state index in [1.165, 1.54) is 225 Å². The van der Waals surface area contributed by atoms with Gasteiger partial charge in [0.05, 0.1) is 0 Å². The van der Waals surface area contributed by atoms with Crippen LogP contribution < -0.4 is 0 Å². The van der Waals surface area contributed by atoms with Crippen LogP contribution in [0.25, 0.3) is 0 Å². The van der Waals surface area contributed by atoms with Gasteiger partial charge in [-0.2, -0.15) is 0 Å². The average molecular weight is 1160 g/mol. The number of ether oxygens (including phenoxy) is 3. The van der Waals surface area contributed by atoms with Gasteiger partial charge in [0.2, 0.25) is 0 Å². The molecule has 0 aromatic carbocycles. The molecule has 0 bridgehead atoms. The van der Waals surface area contributed by atoms with E-state index in [0.717, 1.165) is 103 Å². The molecule has 0 aromatic heterocycles. The molecule has 6 heteroatoms. The van der Waals surface area contributed by atoms with E-state index in [0.29, 0.717) is 19.3 Å². The first-order chi connectivity index (χ1) is 41.0. The van der Waals surface area contributed by atoms with Crippen molar-refractivity contribution in [1.82, 2.24) is 0 Å². The molecule has 1 atom stereocenters. The Kier molecular flexibility index (Phi) is 68.2. The number of unbranched alkanes of at least 4 members (excludes halogenated alkanes) is 41. The number of carbonyl (C=O) groups is 3. The highest BCUT2D eigenvalue weighted by Gasteiger charge is 2.19. The van der Waals surface area contributed by atoms with Crippen LogP contribution in [0, 0.1) is 0 Å². The second-order valence-electron chi connectivity index (χ2n) is 24.1. The molecule has 0 heterocycles. The van der Waals surface area contributed by atoms with Crippen molar-refractivity contribution in [3.63, 3.8) is 0 Å². The fourth-order valence-corrected chi connectivity index (χ4v) is 10.5. The molecule has 1 unspecified atom stereocenters. The molecule has 0 N–H and O–H groups in total. The average Bonchev–Trinajstić information content (AvgIpc) is 3.49. The number of allylic oxidation sites excluding steroid dienone is 14. The first-order valence-electron chi connectivity index (χ1n) is 36.1. The van der Waals surface area contributed by atoms with Crippen LogP contribution in [-0.4, -0.2) is 37.2 Å². The fraction of sp³-hybridized carbons (Fsp3) is 0.779. The predicted octanol–water partition coefficient (Wildman–Crippen LogP) is 25.0. The van der Waals surface area contributed by atoms with Gasteiger partial charge in [-0.3, -0.25) is 14.4 Å². The molecule has 0 aliphatic heterocycles. The molecular weight excluding hydrogens is 1020 g/mol. The van der Waals surface area contributed by atoms with Crippen molar-refractivity contribution >= 4 is 17.9 Å². The lowest BCUT2D eigenvalue weighted by Crippen LogP contribution is -2.30. The van der Waals surface area contributed by atoms with E-state index in [-0.39, 0.29) is 31.1 Å². The van der Waals surface area contributed by atoms with E-state index in [1.807, 2.05) is 0 Å². The van der Waals surface area contributed by atoms with Crippen LogP contribution in [-0.2, 0) is 28.6 Å². The smallest absolute Gasteiger partial charge is 0.306 e. The summed E-state index contributed by atoms with van der Waals surface area (Å²) in [5.74, 6) is -0.863. The third-order valence-corrected chi connectivity index (χ3v) is 15.9. The molecule has 0 aromatic rings. The van der Waals surface area contributed by atoms with Crippen molar-refractivity contribution in [3.05, 3.63) is 85.1 Å². The Labute approximate surface area is 515 Å². The van der Waals surface area contributed by atoms with Gasteiger partial charge in [0.1, 0.15) is 13.2 Å². The number of esters is 3. The molecule has 0 spiro atoms. The minimum Gasteiger partial charge on any atom is -0.462 e. The van der Waals surface area contributed by atoms with Gasteiger partial charge in [-0.1, -0.05) is 337 Å². The largest absolute Gasteiger partial charge is 0.462 e. The van der Waals surface area contributed by atoms with Crippen LogP contribution in [0.4, 0.5) is 0 Å². The lowest BCUT2D eigenvalue weighted by Gasteiger charge is -2.18. The lowest BCUT2D eigenvalue weighted by atomic mass is 10.0. The first-order valence-corrected chi connectivity index (χ1v) is 36.1. The molecule has 0 fully saturated rings. The maximum Gasteiger partial charge on any atom is 0.306 e. The highest BCUT2D eigenvalue weighted by Crippen LogP contribution is 2.18. The molecule has 0 aliphatic rings. The molecular formula is C77H136O6. The van der Waals surface area contributed by atoms with Gasteiger partial charge in [-0.05, 0) is 96.3 Å². The zero-order valence-corrected chi connectivity index (χ0v) is 55.2. The van der Waals surface area contributed by atoms with E-state index in [9.17, 15) is 14.4 Å². The summed E-state index contributed by atoms with van der Waals surface area (Å²) in [5, 5.41) is 0. The Bertz CT molecular complexity index is 1570. The fourth-order valence-electron chi connectivity index (χ4n) is 10.5. The number of hydrogen-bond acceptors (Lipinski definition) is 6. The van der Waals surface area contributed by atoms with Crippen LogP contribution >= 0.6 is 0 Å². The van der Waals surface area contributed by atoms with Gasteiger partial charge < -0.3 is 14.2 Å². The standard InChI is InChI=1S/C77H136O6/c1-4-7-10-13-16-19-22-25-28-31-33-35-37-38-40-41-43-46-49-52-55-58-61-64-67-70-76(79)82-73-74(72-81-75(78)69-66-63-60-57-54-51-48-45-30-27-24-21-18-15-12-9-6-3)83-77(80)71-68-65-62-59-56-53-50-47-44-42-39-36-34-32-29-26-23-20-17-14-11-8-5-2/h7,10,16,19,23,25-26,28,32-35,39,42,74H,4-6,8-9,11-15,17-18,20-22,24,27,29-31,36-38,40-41,43-73H2,1-3H3/b10-7-,19-16-,26-23-,28-25-,34-32-,35-33-,42-39-. The van der Waals surface area contributed by atoms with Crippen molar-refractivity contribution in [3.8, 4) is 0 Å². The summed E-state index contributed by atoms with van der Waals surface area (Å²) in [6.45, 7) is 6.57. The number of hydrogen-bond donors (Lipinski definition) is 0. The van der Waals surface area contributed by atoms with Crippen molar-refractivity contribution in [2.45, 2.75) is 374 Å². The zero-order chi connectivity index (χ0) is 59.9. The summed E-state index contributed by atoms with van der Waals surface area (Å²) in [4.78, 5) is 38.5. The number of carbonyl (C=O) groups excluding carboxylic acids is 3. The molecule has 0 saturated heterocycles. The van der Waals surface area contributed by atoms with Crippen LogP contribution in [0.2, 0.25) is 0 Å². The molecule has 0 rings (SSSR count). The van der Waals surface area contributed by atoms with E-state index in [2.05, 4.69) is 106 Å².